The first-order chi connectivity index (χ1) is 12.0. The van der Waals surface area contributed by atoms with E-state index in [1.807, 2.05) is 0 Å². The molecule has 0 spiro atoms. The maximum Gasteiger partial charge on any atom is 0.410 e. The number of amides is 2. The van der Waals surface area contributed by atoms with Crippen molar-refractivity contribution in [1.82, 2.24) is 10.2 Å². The van der Waals surface area contributed by atoms with Crippen LogP contribution in [0.1, 0.15) is 12.8 Å². The van der Waals surface area contributed by atoms with E-state index in [0.717, 1.165) is 0 Å². The second-order valence-corrected chi connectivity index (χ2v) is 6.40. The van der Waals surface area contributed by atoms with Gasteiger partial charge < -0.3 is 19.7 Å². The molecule has 1 aromatic carbocycles. The van der Waals surface area contributed by atoms with Crippen LogP contribution in [-0.4, -0.2) is 49.2 Å². The van der Waals surface area contributed by atoms with E-state index in [0.29, 0.717) is 41.7 Å². The zero-order valence-corrected chi connectivity index (χ0v) is 15.2. The van der Waals surface area contributed by atoms with Crippen LogP contribution in [0, 0.1) is 0 Å². The Morgan fingerprint density at radius 2 is 2.04 bits per heavy atom. The highest BCUT2D eigenvalue weighted by molar-refractivity contribution is 6.35. The summed E-state index contributed by atoms with van der Waals surface area (Å²) in [6.07, 6.45) is 2.50. The first-order valence-electron chi connectivity index (χ1n) is 7.89. The normalized spacial score (nSPS) is 14.7. The van der Waals surface area contributed by atoms with Crippen LogP contribution in [0.15, 0.2) is 30.9 Å². The second-order valence-electron chi connectivity index (χ2n) is 5.56. The zero-order chi connectivity index (χ0) is 18.2. The van der Waals surface area contributed by atoms with Crippen molar-refractivity contribution in [3.05, 3.63) is 40.9 Å². The van der Waals surface area contributed by atoms with Gasteiger partial charge in [-0.25, -0.2) is 4.79 Å². The number of hydrogen-bond acceptors (Lipinski definition) is 4. The molecule has 0 bridgehead atoms. The first kappa shape index (κ1) is 19.4. The fraction of sp³-hybridized carbons (Fsp3) is 0.412. The molecule has 0 aromatic heterocycles. The molecular formula is C17H20Cl2N2O4. The third kappa shape index (κ3) is 6.14. The lowest BCUT2D eigenvalue weighted by molar-refractivity contribution is -0.124. The summed E-state index contributed by atoms with van der Waals surface area (Å²) in [6, 6.07) is 4.81. The smallest absolute Gasteiger partial charge is 0.410 e. The van der Waals surface area contributed by atoms with E-state index in [9.17, 15) is 9.59 Å². The number of carbonyl (C=O) groups excluding carboxylic acids is 2. The van der Waals surface area contributed by atoms with E-state index in [2.05, 4.69) is 11.9 Å². The van der Waals surface area contributed by atoms with Gasteiger partial charge in [-0.3, -0.25) is 4.79 Å². The molecule has 2 amide bonds. The summed E-state index contributed by atoms with van der Waals surface area (Å²) >= 11 is 11.8. The number of hydrogen-bond donors (Lipinski definition) is 1. The lowest BCUT2D eigenvalue weighted by Crippen LogP contribution is -2.47. The summed E-state index contributed by atoms with van der Waals surface area (Å²) in [4.78, 5) is 25.3. The summed E-state index contributed by atoms with van der Waals surface area (Å²) in [5.41, 5.74) is 0. The van der Waals surface area contributed by atoms with Gasteiger partial charge >= 0.3 is 6.09 Å². The quantitative estimate of drug-likeness (QED) is 0.761. The Morgan fingerprint density at radius 3 is 2.68 bits per heavy atom. The summed E-state index contributed by atoms with van der Waals surface area (Å²) in [5, 5.41) is 3.75. The van der Waals surface area contributed by atoms with Gasteiger partial charge in [0, 0.05) is 24.2 Å². The molecule has 0 atom stereocenters. The Bertz CT molecular complexity index is 631. The van der Waals surface area contributed by atoms with Crippen LogP contribution in [0.4, 0.5) is 4.79 Å². The number of likely N-dealkylation sites (tertiary alicyclic amines) is 1. The van der Waals surface area contributed by atoms with Crippen molar-refractivity contribution in [2.75, 3.05) is 26.3 Å². The summed E-state index contributed by atoms with van der Waals surface area (Å²) in [5.74, 6) is 0.166. The number of ether oxygens (including phenoxy) is 2. The molecule has 0 radical (unpaired) electrons. The van der Waals surface area contributed by atoms with Crippen molar-refractivity contribution in [2.24, 2.45) is 0 Å². The maximum atomic E-state index is 12.0. The minimum atomic E-state index is -0.356. The van der Waals surface area contributed by atoms with E-state index < -0.39 is 0 Å². The van der Waals surface area contributed by atoms with Crippen molar-refractivity contribution < 1.29 is 19.1 Å². The molecule has 6 nitrogen and oxygen atoms in total. The van der Waals surface area contributed by atoms with Crippen LogP contribution in [0.5, 0.6) is 5.75 Å². The first-order valence-corrected chi connectivity index (χ1v) is 8.65. The van der Waals surface area contributed by atoms with Crippen LogP contribution < -0.4 is 10.1 Å². The van der Waals surface area contributed by atoms with Gasteiger partial charge in [0.05, 0.1) is 5.02 Å². The molecule has 0 unspecified atom stereocenters. The Labute approximate surface area is 156 Å². The Kier molecular flexibility index (Phi) is 7.40. The zero-order valence-electron chi connectivity index (χ0n) is 13.7. The van der Waals surface area contributed by atoms with Crippen LogP contribution >= 0.6 is 23.2 Å². The van der Waals surface area contributed by atoms with Gasteiger partial charge in [-0.2, -0.15) is 0 Å². The van der Waals surface area contributed by atoms with E-state index in [1.54, 1.807) is 23.1 Å². The number of nitrogens with zero attached hydrogens (tertiary/aromatic N) is 1. The molecule has 1 heterocycles. The highest BCUT2D eigenvalue weighted by atomic mass is 35.5. The standard InChI is InChI=1S/C17H20Cl2N2O4/c1-2-9-24-17(23)21-7-5-13(6-8-21)20-16(22)11-25-15-4-3-12(18)10-14(15)19/h2-4,10,13H,1,5-9,11H2,(H,20,22). The molecule has 1 aliphatic rings. The van der Waals surface area contributed by atoms with Crippen LogP contribution in [0.25, 0.3) is 0 Å². The van der Waals surface area contributed by atoms with Gasteiger partial charge in [0.15, 0.2) is 6.61 Å². The molecule has 1 saturated heterocycles. The van der Waals surface area contributed by atoms with Gasteiger partial charge in [-0.15, -0.1) is 0 Å². The predicted molar refractivity (Wildman–Crippen MR) is 96.2 cm³/mol. The van der Waals surface area contributed by atoms with Crippen molar-refractivity contribution >= 4 is 35.2 Å². The monoisotopic (exact) mass is 386 g/mol. The van der Waals surface area contributed by atoms with Crippen LogP contribution in [0.2, 0.25) is 10.0 Å². The van der Waals surface area contributed by atoms with Crippen molar-refractivity contribution in [1.29, 1.82) is 0 Å². The van der Waals surface area contributed by atoms with Crippen LogP contribution in [0.3, 0.4) is 0 Å². The predicted octanol–water partition coefficient (Wildman–Crippen LogP) is 3.28. The molecular weight excluding hydrogens is 367 g/mol. The summed E-state index contributed by atoms with van der Waals surface area (Å²) < 4.78 is 10.4. The molecule has 136 valence electrons. The van der Waals surface area contributed by atoms with Gasteiger partial charge in [0.2, 0.25) is 0 Å². The third-order valence-corrected chi connectivity index (χ3v) is 4.23. The second kappa shape index (κ2) is 9.53. The maximum absolute atomic E-state index is 12.0. The average Bonchev–Trinajstić information content (AvgIpc) is 2.59. The van der Waals surface area contributed by atoms with Gasteiger partial charge in [0.1, 0.15) is 12.4 Å². The van der Waals surface area contributed by atoms with Gasteiger partial charge in [-0.1, -0.05) is 35.9 Å². The fourth-order valence-electron chi connectivity index (χ4n) is 2.43. The van der Waals surface area contributed by atoms with Gasteiger partial charge in [-0.05, 0) is 31.0 Å². The molecule has 2 rings (SSSR count). The minimum Gasteiger partial charge on any atom is -0.482 e. The van der Waals surface area contributed by atoms with E-state index >= 15 is 0 Å². The lowest BCUT2D eigenvalue weighted by Gasteiger charge is -2.31. The Hall–Kier alpha value is -1.92. The molecule has 0 aliphatic carbocycles. The van der Waals surface area contributed by atoms with Crippen molar-refractivity contribution in [3.63, 3.8) is 0 Å². The lowest BCUT2D eigenvalue weighted by atomic mass is 10.1. The molecule has 1 N–H and O–H groups in total. The summed E-state index contributed by atoms with van der Waals surface area (Å²) in [7, 11) is 0. The molecule has 1 fully saturated rings. The van der Waals surface area contributed by atoms with E-state index in [4.69, 9.17) is 32.7 Å². The topological polar surface area (TPSA) is 67.9 Å². The number of piperidine rings is 1. The van der Waals surface area contributed by atoms with Crippen molar-refractivity contribution in [3.8, 4) is 5.75 Å². The highest BCUT2D eigenvalue weighted by Crippen LogP contribution is 2.27. The largest absolute Gasteiger partial charge is 0.482 e. The molecule has 8 heteroatoms. The molecule has 1 aliphatic heterocycles. The number of rotatable bonds is 6. The van der Waals surface area contributed by atoms with Crippen molar-refractivity contribution in [2.45, 2.75) is 18.9 Å². The molecule has 25 heavy (non-hydrogen) atoms. The Balaban J connectivity index is 1.71. The number of nitrogens with one attached hydrogen (secondary N) is 1. The number of halogens is 2. The highest BCUT2D eigenvalue weighted by Gasteiger charge is 2.24. The SMILES string of the molecule is C=CCOC(=O)N1CCC(NC(=O)COc2ccc(Cl)cc2Cl)CC1. The molecule has 0 saturated carbocycles. The third-order valence-electron chi connectivity index (χ3n) is 3.70. The summed E-state index contributed by atoms with van der Waals surface area (Å²) in [6.45, 7) is 4.63. The van der Waals surface area contributed by atoms with E-state index in [-0.39, 0.29) is 31.3 Å². The average molecular weight is 387 g/mol. The fourth-order valence-corrected chi connectivity index (χ4v) is 2.90. The van der Waals surface area contributed by atoms with Gasteiger partial charge in [0.25, 0.3) is 5.91 Å². The number of benzene rings is 1. The number of carbonyl (C=O) groups is 2. The molecule has 1 aromatic rings. The van der Waals surface area contributed by atoms with Crippen LogP contribution in [-0.2, 0) is 9.53 Å². The minimum absolute atomic E-state index is 0.000226. The van der Waals surface area contributed by atoms with E-state index in [1.165, 1.54) is 6.08 Å². The Morgan fingerprint density at radius 1 is 1.32 bits per heavy atom.